The van der Waals surface area contributed by atoms with Gasteiger partial charge >= 0.3 is 18.2 Å². The van der Waals surface area contributed by atoms with Crippen LogP contribution in [-0.2, 0) is 6.18 Å². The van der Waals surface area contributed by atoms with Gasteiger partial charge in [0.05, 0.1) is 36.0 Å². The molecule has 3 atom stereocenters. The lowest BCUT2D eigenvalue weighted by molar-refractivity contribution is -0.137. The van der Waals surface area contributed by atoms with Crippen molar-refractivity contribution in [3.05, 3.63) is 53.6 Å². The first kappa shape index (κ1) is 32.9. The summed E-state index contributed by atoms with van der Waals surface area (Å²) in [5.74, 6) is -0.539. The Hall–Kier alpha value is -4.00. The van der Waals surface area contributed by atoms with Crippen LogP contribution in [0.25, 0.3) is 0 Å². The van der Waals surface area contributed by atoms with Gasteiger partial charge in [0.25, 0.3) is 5.91 Å². The molecule has 0 aromatic heterocycles. The number of urea groups is 2. The first-order valence-electron chi connectivity index (χ1n) is 14.9. The molecule has 1 heterocycles. The molecule has 0 bridgehead atoms. The number of ether oxygens (including phenoxy) is 1. The van der Waals surface area contributed by atoms with Gasteiger partial charge in [-0.15, -0.1) is 0 Å². The number of nitrogens with zero attached hydrogens (tertiary/aromatic N) is 2. The molecule has 13 heteroatoms. The van der Waals surface area contributed by atoms with Crippen molar-refractivity contribution in [3.63, 3.8) is 0 Å². The molecule has 1 fully saturated rings. The zero-order chi connectivity index (χ0) is 32.0. The van der Waals surface area contributed by atoms with Crippen molar-refractivity contribution in [2.24, 2.45) is 5.92 Å². The third-order valence-electron chi connectivity index (χ3n) is 8.14. The van der Waals surface area contributed by atoms with Crippen molar-refractivity contribution < 1.29 is 37.4 Å². The Morgan fingerprint density at radius 2 is 1.77 bits per heavy atom. The van der Waals surface area contributed by atoms with E-state index in [0.29, 0.717) is 0 Å². The van der Waals surface area contributed by atoms with Crippen molar-refractivity contribution in [3.8, 4) is 5.75 Å². The summed E-state index contributed by atoms with van der Waals surface area (Å²) in [6, 6.07) is 7.56. The molecule has 4 rings (SSSR count). The van der Waals surface area contributed by atoms with Crippen LogP contribution in [0.3, 0.4) is 0 Å². The van der Waals surface area contributed by atoms with E-state index in [1.807, 2.05) is 6.92 Å². The van der Waals surface area contributed by atoms with E-state index in [-0.39, 0.29) is 60.3 Å². The second kappa shape index (κ2) is 14.2. The molecule has 240 valence electrons. The minimum atomic E-state index is -4.49. The van der Waals surface area contributed by atoms with Crippen LogP contribution in [0, 0.1) is 5.92 Å². The minimum absolute atomic E-state index is 0.0468. The number of fused-ring (bicyclic) bond motifs is 1. The predicted molar refractivity (Wildman–Crippen MR) is 160 cm³/mol. The van der Waals surface area contributed by atoms with Crippen LogP contribution in [0.1, 0.15) is 61.9 Å². The van der Waals surface area contributed by atoms with Crippen molar-refractivity contribution in [2.45, 2.75) is 70.3 Å². The van der Waals surface area contributed by atoms with Gasteiger partial charge in [-0.05, 0) is 56.2 Å². The van der Waals surface area contributed by atoms with Crippen LogP contribution in [0.5, 0.6) is 5.75 Å². The van der Waals surface area contributed by atoms with Gasteiger partial charge in [-0.2, -0.15) is 13.2 Å². The smallest absolute Gasteiger partial charge is 0.416 e. The van der Waals surface area contributed by atoms with Crippen LogP contribution in [0.4, 0.5) is 34.1 Å². The molecule has 0 unspecified atom stereocenters. The highest BCUT2D eigenvalue weighted by Gasteiger charge is 2.35. The molecule has 0 radical (unpaired) electrons. The number of carbonyl (C=O) groups excluding carboxylic acids is 3. The summed E-state index contributed by atoms with van der Waals surface area (Å²) in [6.45, 7) is 3.58. The number of hydrogen-bond acceptors (Lipinski definition) is 5. The lowest BCUT2D eigenvalue weighted by Crippen LogP contribution is -2.50. The Balaban J connectivity index is 1.56. The van der Waals surface area contributed by atoms with E-state index in [9.17, 15) is 32.7 Å². The van der Waals surface area contributed by atoms with E-state index in [2.05, 4.69) is 16.0 Å². The molecule has 4 N–H and O–H groups in total. The molecule has 0 spiro atoms. The highest BCUT2D eigenvalue weighted by Crippen LogP contribution is 2.35. The number of anilines is 2. The van der Waals surface area contributed by atoms with Gasteiger partial charge in [0.2, 0.25) is 0 Å². The number of likely N-dealkylation sites (N-methyl/N-ethyl adjacent to an activating group) is 1. The van der Waals surface area contributed by atoms with E-state index in [0.717, 1.165) is 44.2 Å². The van der Waals surface area contributed by atoms with Gasteiger partial charge in [-0.3, -0.25) is 4.79 Å². The van der Waals surface area contributed by atoms with E-state index in [1.54, 1.807) is 30.0 Å². The van der Waals surface area contributed by atoms with Gasteiger partial charge in [-0.1, -0.05) is 32.3 Å². The van der Waals surface area contributed by atoms with E-state index >= 15 is 0 Å². The molecular formula is C31H40F3N5O5. The lowest BCUT2D eigenvalue weighted by atomic mass is 9.96. The van der Waals surface area contributed by atoms with Crippen LogP contribution in [0.15, 0.2) is 42.5 Å². The number of alkyl halides is 3. The van der Waals surface area contributed by atoms with Crippen LogP contribution < -0.4 is 20.7 Å². The van der Waals surface area contributed by atoms with Gasteiger partial charge in [0.15, 0.2) is 5.75 Å². The summed E-state index contributed by atoms with van der Waals surface area (Å²) in [5.41, 5.74) is -0.144. The Bertz CT molecular complexity index is 1320. The number of rotatable bonds is 7. The molecular weight excluding hydrogens is 579 g/mol. The number of halogens is 3. The molecule has 44 heavy (non-hydrogen) atoms. The number of carbonyl (C=O) groups is 3. The summed E-state index contributed by atoms with van der Waals surface area (Å²) in [7, 11) is 1.52. The Kier molecular flexibility index (Phi) is 10.6. The lowest BCUT2D eigenvalue weighted by Gasteiger charge is -2.38. The summed E-state index contributed by atoms with van der Waals surface area (Å²) >= 11 is 0. The summed E-state index contributed by atoms with van der Waals surface area (Å²) in [5, 5.41) is 18.3. The number of amides is 5. The molecule has 0 saturated heterocycles. The van der Waals surface area contributed by atoms with Crippen LogP contribution >= 0.6 is 0 Å². The molecule has 5 amide bonds. The van der Waals surface area contributed by atoms with E-state index in [1.165, 1.54) is 24.1 Å². The number of hydrogen-bond donors (Lipinski definition) is 4. The molecule has 1 aliphatic carbocycles. The summed E-state index contributed by atoms with van der Waals surface area (Å²) in [6.07, 6.45) is -0.144. The molecule has 2 aromatic carbocycles. The van der Waals surface area contributed by atoms with Gasteiger partial charge in [0.1, 0.15) is 6.10 Å². The highest BCUT2D eigenvalue weighted by molar-refractivity contribution is 6.01. The first-order chi connectivity index (χ1) is 20.9. The van der Waals surface area contributed by atoms with Gasteiger partial charge in [-0.25, -0.2) is 9.59 Å². The fraction of sp³-hybridized carbons (Fsp3) is 0.516. The van der Waals surface area contributed by atoms with Crippen LogP contribution in [-0.4, -0.2) is 77.8 Å². The zero-order valence-electron chi connectivity index (χ0n) is 25.1. The Morgan fingerprint density at radius 1 is 1.09 bits per heavy atom. The largest absolute Gasteiger partial charge is 0.485 e. The maximum Gasteiger partial charge on any atom is 0.416 e. The fourth-order valence-corrected chi connectivity index (χ4v) is 5.46. The average molecular weight is 620 g/mol. The van der Waals surface area contributed by atoms with Crippen molar-refractivity contribution in [2.75, 3.05) is 37.4 Å². The standard InChI is InChI=1S/C31H40F3N5O5/c1-19-16-39(20(2)18-40)28(41)24-10-7-11-25(37-29(42)35-22-8-5-4-6-9-22)27(24)44-26(19)17-38(3)30(43)36-23-14-12-21(13-15-23)31(32,33)34/h7,10-15,19-20,22,26,40H,4-6,8-9,16-18H2,1-3H3,(H,36,43)(H2,35,37,42)/t19-,20-,26+/m1/s1. The number of aliphatic hydroxyl groups is 1. The van der Waals surface area contributed by atoms with Crippen molar-refractivity contribution >= 4 is 29.3 Å². The van der Waals surface area contributed by atoms with Gasteiger partial charge < -0.3 is 35.6 Å². The highest BCUT2D eigenvalue weighted by atomic mass is 19.4. The molecule has 1 saturated carbocycles. The molecule has 10 nitrogen and oxygen atoms in total. The quantitative estimate of drug-likeness (QED) is 0.324. The fourth-order valence-electron chi connectivity index (χ4n) is 5.46. The van der Waals surface area contributed by atoms with E-state index < -0.39 is 35.9 Å². The SMILES string of the molecule is C[C@@H]1CN([C@H](C)CO)C(=O)c2cccc(NC(=O)NC3CCCCC3)c2O[C@H]1CN(C)C(=O)Nc1ccc(C(F)(F)F)cc1. The second-order valence-electron chi connectivity index (χ2n) is 11.6. The summed E-state index contributed by atoms with van der Waals surface area (Å²) < 4.78 is 45.2. The second-order valence-corrected chi connectivity index (χ2v) is 11.6. The number of nitrogens with one attached hydrogen (secondary N) is 3. The van der Waals surface area contributed by atoms with E-state index in [4.69, 9.17) is 4.74 Å². The zero-order valence-corrected chi connectivity index (χ0v) is 25.1. The van der Waals surface area contributed by atoms with Crippen molar-refractivity contribution in [1.82, 2.24) is 15.1 Å². The van der Waals surface area contributed by atoms with Crippen LogP contribution in [0.2, 0.25) is 0 Å². The molecule has 1 aliphatic heterocycles. The number of para-hydroxylation sites is 1. The normalized spacial score (nSPS) is 20.0. The van der Waals surface area contributed by atoms with Gasteiger partial charge in [0, 0.05) is 31.2 Å². The van der Waals surface area contributed by atoms with Crippen molar-refractivity contribution in [1.29, 1.82) is 0 Å². The topological polar surface area (TPSA) is 123 Å². The first-order valence-corrected chi connectivity index (χ1v) is 14.9. The number of benzene rings is 2. The third-order valence-corrected chi connectivity index (χ3v) is 8.14. The average Bonchev–Trinajstić information content (AvgIpc) is 2.99. The Labute approximate surface area is 254 Å². The molecule has 2 aromatic rings. The molecule has 2 aliphatic rings. The number of aliphatic hydroxyl groups excluding tert-OH is 1. The monoisotopic (exact) mass is 619 g/mol. The Morgan fingerprint density at radius 3 is 2.41 bits per heavy atom. The maximum atomic E-state index is 13.7. The maximum absolute atomic E-state index is 13.7. The minimum Gasteiger partial charge on any atom is -0.485 e. The predicted octanol–water partition coefficient (Wildman–Crippen LogP) is 5.54. The summed E-state index contributed by atoms with van der Waals surface area (Å²) in [4.78, 5) is 42.5. The third kappa shape index (κ3) is 8.13.